The number of carbonyl (C=O) groups is 6. The second kappa shape index (κ2) is 17.7. The third-order valence-electron chi connectivity index (χ3n) is 17.7. The van der Waals surface area contributed by atoms with E-state index in [4.69, 9.17) is 18.9 Å². The summed E-state index contributed by atoms with van der Waals surface area (Å²) in [5.74, 6) is -8.46. The molecule has 0 amide bonds. The Morgan fingerprint density at radius 3 is 2.31 bits per heavy atom. The first-order chi connectivity index (χ1) is 34.2. The molecule has 1 aromatic heterocycles. The number of rotatable bonds is 12. The minimum atomic E-state index is -2.15. The molecule has 10 rings (SSSR count). The van der Waals surface area contributed by atoms with Gasteiger partial charge in [0.15, 0.2) is 29.6 Å². The van der Waals surface area contributed by atoms with E-state index in [0.29, 0.717) is 43.3 Å². The number of methoxy groups -OCH3 is 1. The number of aromatic carboxylic acids is 1. The van der Waals surface area contributed by atoms with E-state index >= 15 is 8.78 Å². The normalized spacial score (nSPS) is 33.5. The minimum absolute atomic E-state index is 0.00652. The van der Waals surface area contributed by atoms with Crippen LogP contribution in [0.1, 0.15) is 103 Å². The largest absolute Gasteiger partial charge is 0.492 e. The van der Waals surface area contributed by atoms with E-state index in [1.807, 2.05) is 0 Å². The van der Waals surface area contributed by atoms with E-state index in [9.17, 15) is 48.9 Å². The van der Waals surface area contributed by atoms with Crippen LogP contribution in [-0.4, -0.2) is 119 Å². The highest BCUT2D eigenvalue weighted by atomic mass is 19.1. The lowest BCUT2D eigenvalue weighted by molar-refractivity contribution is -0.219. The summed E-state index contributed by atoms with van der Waals surface area (Å²) in [7, 11) is 1.35. The lowest BCUT2D eigenvalue weighted by atomic mass is 9.44. The number of ether oxygens (including phenoxy) is 4. The van der Waals surface area contributed by atoms with Crippen molar-refractivity contribution < 1.29 is 71.8 Å². The van der Waals surface area contributed by atoms with Crippen LogP contribution >= 0.6 is 0 Å². The summed E-state index contributed by atoms with van der Waals surface area (Å²) in [4.78, 5) is 92.8. The Labute approximate surface area is 412 Å². The van der Waals surface area contributed by atoms with Crippen molar-refractivity contribution in [3.8, 4) is 5.75 Å². The van der Waals surface area contributed by atoms with Crippen molar-refractivity contribution in [2.24, 2.45) is 40.4 Å². The number of carboxylic acids is 1. The standard InChI is InChI=1S/C53H57F2N3O14/c1-26-17-37-36-12-9-29-18-31(59)13-15-50(29,2)52(36,55)40(60)20-51(37,3)53(26,68)41(61)24-70-47(65)27-5-7-28(8-6-27)48(66)71-25-72-49(67)32-14-16-56-39-23-57(21-34(32)39)43-38(54)19-33-42(45(43)69-4)58(30-10-11-30)22-35(44(33)62)46(63)64/h5-8,13,15,18-19,22,26,30,32,34,36-37,39-40,56,60,68H,9-12,14,16-17,20-21,23-25H2,1-4H3,(H,63,64)/t26-,32?,34?,36?,37?,39?,40+,50+,51+,52+,53+/m1/s1. The third-order valence-corrected chi connectivity index (χ3v) is 17.7. The zero-order valence-corrected chi connectivity index (χ0v) is 40.3. The number of carboxylic acid groups (broad SMARTS) is 1. The second-order valence-electron chi connectivity index (χ2n) is 21.2. The predicted molar refractivity (Wildman–Crippen MR) is 252 cm³/mol. The summed E-state index contributed by atoms with van der Waals surface area (Å²) in [5.41, 5.74) is -7.02. The smallest absolute Gasteiger partial charge is 0.341 e. The number of aliphatic hydroxyl groups is 2. The average Bonchev–Trinajstić information content (AvgIpc) is 4.07. The molecule has 72 heavy (non-hydrogen) atoms. The maximum atomic E-state index is 17.6. The summed E-state index contributed by atoms with van der Waals surface area (Å²) in [6.07, 6.45) is 6.70. The molecular formula is C53H57F2N3O14. The van der Waals surface area contributed by atoms with Crippen molar-refractivity contribution in [3.05, 3.63) is 93.1 Å². The number of aliphatic hydroxyl groups excluding tert-OH is 1. The number of anilines is 1. The molecule has 2 aliphatic heterocycles. The Bertz CT molecular complexity index is 2950. The van der Waals surface area contributed by atoms with Crippen molar-refractivity contribution in [2.45, 2.75) is 95.2 Å². The van der Waals surface area contributed by atoms with Crippen molar-refractivity contribution in [1.29, 1.82) is 0 Å². The van der Waals surface area contributed by atoms with Gasteiger partial charge in [-0.3, -0.25) is 19.2 Å². The molecule has 5 aliphatic carbocycles. The summed E-state index contributed by atoms with van der Waals surface area (Å²) in [6.45, 7) is 4.47. The highest BCUT2D eigenvalue weighted by Crippen LogP contribution is 2.70. The second-order valence-corrected chi connectivity index (χ2v) is 21.2. The maximum absolute atomic E-state index is 17.6. The minimum Gasteiger partial charge on any atom is -0.492 e. The van der Waals surface area contributed by atoms with Crippen LogP contribution in [0.4, 0.5) is 14.5 Å². The molecule has 19 heteroatoms. The fourth-order valence-corrected chi connectivity index (χ4v) is 13.8. The van der Waals surface area contributed by atoms with Crippen molar-refractivity contribution >= 4 is 52.0 Å². The molecule has 2 saturated heterocycles. The zero-order chi connectivity index (χ0) is 51.4. The summed E-state index contributed by atoms with van der Waals surface area (Å²) >= 11 is 0. The number of halogens is 2. The number of allylic oxidation sites excluding steroid dienone is 4. The van der Waals surface area contributed by atoms with Crippen LogP contribution in [0.2, 0.25) is 0 Å². The number of alkyl halides is 1. The monoisotopic (exact) mass is 997 g/mol. The van der Waals surface area contributed by atoms with Gasteiger partial charge in [0.2, 0.25) is 18.0 Å². The van der Waals surface area contributed by atoms with Gasteiger partial charge in [-0.15, -0.1) is 0 Å². The molecule has 3 heterocycles. The quantitative estimate of drug-likeness (QED) is 0.138. The number of fused-ring (bicyclic) bond motifs is 7. The third kappa shape index (κ3) is 7.42. The summed E-state index contributed by atoms with van der Waals surface area (Å²) in [5, 5.41) is 36.9. The van der Waals surface area contributed by atoms with Crippen LogP contribution in [-0.2, 0) is 28.6 Å². The number of pyridine rings is 1. The fourth-order valence-electron chi connectivity index (χ4n) is 13.8. The number of esters is 3. The molecular weight excluding hydrogens is 941 g/mol. The number of Topliss-reactive ketones (excluding diaryl/α,β-unsaturated/α-hetero) is 1. The lowest BCUT2D eigenvalue weighted by Gasteiger charge is -2.62. The molecule has 3 aromatic rings. The molecule has 11 atom stereocenters. The number of aromatic nitrogens is 1. The Morgan fingerprint density at radius 1 is 0.944 bits per heavy atom. The lowest BCUT2D eigenvalue weighted by Crippen LogP contribution is -2.69. The molecule has 5 unspecified atom stereocenters. The SMILES string of the molecule is COc1c(N2CC3NCCC(C(=O)OCOC(=O)c4ccc(C(=O)OCC(=O)[C@@]5(O)[C@H](C)CC6C7CCC8=CC(=O)C=C[C@]8(C)[C@@]7(F)[C@@H](O)C[C@@]65C)cc4)C3C2)c(F)cc2c(=O)c(C(=O)O)cn(C3CC3)c12. The van der Waals surface area contributed by atoms with Gasteiger partial charge in [-0.2, -0.15) is 0 Å². The van der Waals surface area contributed by atoms with Crippen molar-refractivity contribution in [3.63, 3.8) is 0 Å². The van der Waals surface area contributed by atoms with Gasteiger partial charge >= 0.3 is 23.9 Å². The number of piperidine rings is 1. The number of carbonyl (C=O) groups excluding carboxylic acids is 5. The molecule has 0 bridgehead atoms. The molecule has 2 aromatic carbocycles. The fraction of sp³-hybridized carbons (Fsp3) is 0.528. The molecule has 7 aliphatic rings. The highest BCUT2D eigenvalue weighted by Gasteiger charge is 2.75. The number of hydrogen-bond donors (Lipinski definition) is 4. The Balaban J connectivity index is 0.743. The van der Waals surface area contributed by atoms with Crippen LogP contribution in [0.3, 0.4) is 0 Å². The van der Waals surface area contributed by atoms with Crippen molar-refractivity contribution in [1.82, 2.24) is 9.88 Å². The van der Waals surface area contributed by atoms with Gasteiger partial charge in [-0.25, -0.2) is 23.2 Å². The molecule has 4 saturated carbocycles. The van der Waals surface area contributed by atoms with Crippen LogP contribution in [0.15, 0.2) is 65.1 Å². The Morgan fingerprint density at radius 2 is 1.64 bits per heavy atom. The van der Waals surface area contributed by atoms with E-state index in [-0.39, 0.29) is 71.2 Å². The molecule has 4 N–H and O–H groups in total. The Kier molecular flexibility index (Phi) is 12.1. The molecule has 0 radical (unpaired) electrons. The van der Waals surface area contributed by atoms with E-state index in [0.717, 1.165) is 18.9 Å². The number of benzene rings is 2. The van der Waals surface area contributed by atoms with Gasteiger partial charge in [-0.05, 0) is 113 Å². The first kappa shape index (κ1) is 49.3. The van der Waals surface area contributed by atoms with E-state index < -0.39 is 112 Å². The highest BCUT2D eigenvalue weighted by molar-refractivity contribution is 6.01. The van der Waals surface area contributed by atoms with Gasteiger partial charge in [0.1, 0.15) is 16.9 Å². The van der Waals surface area contributed by atoms with Crippen LogP contribution < -0.4 is 20.4 Å². The summed E-state index contributed by atoms with van der Waals surface area (Å²) < 4.78 is 57.2. The van der Waals surface area contributed by atoms with E-state index in [1.54, 1.807) is 30.2 Å². The first-order valence-electron chi connectivity index (χ1n) is 24.5. The van der Waals surface area contributed by atoms with Crippen LogP contribution in [0.25, 0.3) is 10.9 Å². The topological polar surface area (TPSA) is 237 Å². The molecule has 6 fully saturated rings. The van der Waals surface area contributed by atoms with Crippen LogP contribution in [0, 0.1) is 46.2 Å². The average molecular weight is 998 g/mol. The van der Waals surface area contributed by atoms with E-state index in [2.05, 4.69) is 5.32 Å². The zero-order valence-electron chi connectivity index (χ0n) is 40.3. The first-order valence-corrected chi connectivity index (χ1v) is 24.5. The number of ketones is 2. The van der Waals surface area contributed by atoms with Crippen molar-refractivity contribution in [2.75, 3.05) is 45.0 Å². The molecule has 382 valence electrons. The maximum Gasteiger partial charge on any atom is 0.341 e. The molecule has 0 spiro atoms. The number of nitrogens with one attached hydrogen (secondary N) is 1. The number of hydrogen-bond acceptors (Lipinski definition) is 15. The van der Waals surface area contributed by atoms with Gasteiger partial charge < -0.3 is 49.1 Å². The van der Waals surface area contributed by atoms with E-state index in [1.165, 1.54) is 55.8 Å². The summed E-state index contributed by atoms with van der Waals surface area (Å²) in [6, 6.07) is 5.83. The van der Waals surface area contributed by atoms with Gasteiger partial charge in [0, 0.05) is 54.0 Å². The van der Waals surface area contributed by atoms with Gasteiger partial charge in [0.25, 0.3) is 0 Å². The van der Waals surface area contributed by atoms with Gasteiger partial charge in [0.05, 0.1) is 41.2 Å². The Hall–Kier alpha value is -6.31. The van der Waals surface area contributed by atoms with Crippen LogP contribution in [0.5, 0.6) is 5.75 Å². The number of nitrogens with zero attached hydrogens (tertiary/aromatic N) is 2. The predicted octanol–water partition coefficient (Wildman–Crippen LogP) is 5.03. The molecule has 17 nitrogen and oxygen atoms in total. The van der Waals surface area contributed by atoms with Gasteiger partial charge in [-0.1, -0.05) is 25.5 Å².